The van der Waals surface area contributed by atoms with Crippen LogP contribution in [0, 0.1) is 10.1 Å². The zero-order chi connectivity index (χ0) is 9.84. The van der Waals surface area contributed by atoms with Crippen LogP contribution in [0.1, 0.15) is 0 Å². The van der Waals surface area contributed by atoms with Crippen molar-refractivity contribution in [1.82, 2.24) is 9.55 Å². The van der Waals surface area contributed by atoms with Gasteiger partial charge in [-0.15, -0.1) is 11.6 Å². The Labute approximate surface area is 77.9 Å². The van der Waals surface area contributed by atoms with Gasteiger partial charge in [-0.25, -0.2) is 4.79 Å². The van der Waals surface area contributed by atoms with E-state index in [1.807, 2.05) is 0 Å². The molecule has 0 aliphatic carbocycles. The van der Waals surface area contributed by atoms with E-state index in [9.17, 15) is 14.9 Å². The van der Waals surface area contributed by atoms with Crippen molar-refractivity contribution in [2.24, 2.45) is 0 Å². The molecule has 0 fully saturated rings. The third kappa shape index (κ3) is 2.25. The van der Waals surface area contributed by atoms with Gasteiger partial charge in [0.15, 0.2) is 0 Å². The summed E-state index contributed by atoms with van der Waals surface area (Å²) in [4.78, 5) is 24.0. The molecule has 0 spiro atoms. The molecule has 0 aromatic carbocycles. The van der Waals surface area contributed by atoms with Crippen LogP contribution in [-0.2, 0) is 6.54 Å². The molecule has 0 saturated heterocycles. The molecule has 1 rings (SSSR count). The van der Waals surface area contributed by atoms with Crippen molar-refractivity contribution in [1.29, 1.82) is 0 Å². The zero-order valence-corrected chi connectivity index (χ0v) is 7.27. The highest BCUT2D eigenvalue weighted by atomic mass is 35.5. The van der Waals surface area contributed by atoms with Crippen molar-refractivity contribution < 1.29 is 4.92 Å². The molecule has 6 nitrogen and oxygen atoms in total. The number of hydrogen-bond acceptors (Lipinski definition) is 4. The van der Waals surface area contributed by atoms with Gasteiger partial charge in [-0.1, -0.05) is 0 Å². The monoisotopic (exact) mass is 203 g/mol. The first-order valence-electron chi connectivity index (χ1n) is 3.42. The molecule has 1 aromatic heterocycles. The SMILES string of the molecule is O=c1ncc([N+](=O)[O-])cn1CCCl. The van der Waals surface area contributed by atoms with Crippen LogP contribution >= 0.6 is 11.6 Å². The van der Waals surface area contributed by atoms with Gasteiger partial charge in [0.1, 0.15) is 6.20 Å². The maximum absolute atomic E-state index is 11.0. The summed E-state index contributed by atoms with van der Waals surface area (Å²) in [7, 11) is 0. The Bertz CT molecular complexity index is 376. The van der Waals surface area contributed by atoms with E-state index in [0.29, 0.717) is 0 Å². The van der Waals surface area contributed by atoms with Crippen molar-refractivity contribution in [2.75, 3.05) is 5.88 Å². The normalized spacial score (nSPS) is 9.92. The molecule has 0 aliphatic heterocycles. The van der Waals surface area contributed by atoms with Crippen LogP contribution in [-0.4, -0.2) is 20.4 Å². The third-order valence-corrected chi connectivity index (χ3v) is 1.55. The number of alkyl halides is 1. The van der Waals surface area contributed by atoms with Crippen LogP contribution in [0.2, 0.25) is 0 Å². The Balaban J connectivity index is 3.11. The van der Waals surface area contributed by atoms with Gasteiger partial charge in [-0.05, 0) is 0 Å². The number of halogens is 1. The quantitative estimate of drug-likeness (QED) is 0.405. The smallest absolute Gasteiger partial charge is 0.291 e. The molecule has 0 bridgehead atoms. The zero-order valence-electron chi connectivity index (χ0n) is 6.51. The topological polar surface area (TPSA) is 78.0 Å². The van der Waals surface area contributed by atoms with Crippen molar-refractivity contribution in [3.05, 3.63) is 33.0 Å². The number of nitro groups is 1. The second-order valence-corrected chi connectivity index (χ2v) is 2.61. The predicted octanol–water partition coefficient (Wildman–Crippen LogP) is 0.390. The summed E-state index contributed by atoms with van der Waals surface area (Å²) in [6.07, 6.45) is 2.05. The van der Waals surface area contributed by atoms with Gasteiger partial charge >= 0.3 is 11.4 Å². The minimum absolute atomic E-state index is 0.211. The van der Waals surface area contributed by atoms with Gasteiger partial charge in [0.05, 0.1) is 11.1 Å². The van der Waals surface area contributed by atoms with E-state index in [1.165, 1.54) is 0 Å². The van der Waals surface area contributed by atoms with Gasteiger partial charge in [0.2, 0.25) is 0 Å². The average Bonchev–Trinajstić information content (AvgIpc) is 2.08. The molecular weight excluding hydrogens is 198 g/mol. The fourth-order valence-electron chi connectivity index (χ4n) is 0.789. The number of nitrogens with zero attached hydrogens (tertiary/aromatic N) is 3. The molecule has 7 heteroatoms. The van der Waals surface area contributed by atoms with Crippen LogP contribution in [0.3, 0.4) is 0 Å². The van der Waals surface area contributed by atoms with Crippen LogP contribution in [0.4, 0.5) is 5.69 Å². The standard InChI is InChI=1S/C6H6ClN3O3/c7-1-2-9-4-5(10(12)13)3-8-6(9)11/h3-4H,1-2H2. The third-order valence-electron chi connectivity index (χ3n) is 1.38. The molecule has 0 saturated carbocycles. The highest BCUT2D eigenvalue weighted by Crippen LogP contribution is 2.04. The molecule has 0 aliphatic rings. The number of hydrogen-bond donors (Lipinski definition) is 0. The average molecular weight is 204 g/mol. The lowest BCUT2D eigenvalue weighted by Gasteiger charge is -1.99. The summed E-state index contributed by atoms with van der Waals surface area (Å²) in [5, 5.41) is 10.3. The van der Waals surface area contributed by atoms with Crippen LogP contribution in [0.25, 0.3) is 0 Å². The Morgan fingerprint density at radius 3 is 2.92 bits per heavy atom. The molecule has 0 unspecified atom stereocenters. The molecule has 70 valence electrons. The molecular formula is C6H6ClN3O3. The maximum atomic E-state index is 11.0. The summed E-state index contributed by atoms with van der Waals surface area (Å²) in [6.45, 7) is 0.217. The number of aromatic nitrogens is 2. The Morgan fingerprint density at radius 1 is 1.69 bits per heavy atom. The second-order valence-electron chi connectivity index (χ2n) is 2.23. The number of rotatable bonds is 3. The van der Waals surface area contributed by atoms with Gasteiger partial charge in [-0.2, -0.15) is 4.98 Å². The Morgan fingerprint density at radius 2 is 2.38 bits per heavy atom. The van der Waals surface area contributed by atoms with Crippen molar-refractivity contribution in [3.63, 3.8) is 0 Å². The molecule has 13 heavy (non-hydrogen) atoms. The Kier molecular flexibility index (Phi) is 2.97. The molecule has 1 aromatic rings. The second kappa shape index (κ2) is 3.99. The van der Waals surface area contributed by atoms with Gasteiger partial charge < -0.3 is 0 Å². The lowest BCUT2D eigenvalue weighted by molar-refractivity contribution is -0.385. The molecule has 1 heterocycles. The van der Waals surface area contributed by atoms with Gasteiger partial charge in [-0.3, -0.25) is 14.7 Å². The molecule has 0 radical (unpaired) electrons. The summed E-state index contributed by atoms with van der Waals surface area (Å²) in [5.41, 5.74) is -0.754. The van der Waals surface area contributed by atoms with Crippen LogP contribution in [0.5, 0.6) is 0 Å². The first-order chi connectivity index (χ1) is 6.15. The summed E-state index contributed by atoms with van der Waals surface area (Å²) in [5.74, 6) is 0.211. The molecule has 0 atom stereocenters. The summed E-state index contributed by atoms with van der Waals surface area (Å²) >= 11 is 5.38. The Hall–Kier alpha value is -1.43. The highest BCUT2D eigenvalue weighted by molar-refractivity contribution is 6.17. The number of aryl methyl sites for hydroxylation is 1. The van der Waals surface area contributed by atoms with E-state index in [4.69, 9.17) is 11.6 Å². The van der Waals surface area contributed by atoms with Crippen molar-refractivity contribution in [3.8, 4) is 0 Å². The fourth-order valence-corrected chi connectivity index (χ4v) is 0.971. The van der Waals surface area contributed by atoms with E-state index in [-0.39, 0.29) is 18.1 Å². The van der Waals surface area contributed by atoms with E-state index in [2.05, 4.69) is 4.98 Å². The fraction of sp³-hybridized carbons (Fsp3) is 0.333. The van der Waals surface area contributed by atoms with E-state index >= 15 is 0 Å². The first-order valence-corrected chi connectivity index (χ1v) is 3.95. The van der Waals surface area contributed by atoms with Crippen LogP contribution in [0.15, 0.2) is 17.2 Å². The largest absolute Gasteiger partial charge is 0.348 e. The van der Waals surface area contributed by atoms with E-state index in [0.717, 1.165) is 17.0 Å². The molecule has 0 N–H and O–H groups in total. The van der Waals surface area contributed by atoms with Gasteiger partial charge in [0, 0.05) is 12.4 Å². The lowest BCUT2D eigenvalue weighted by Crippen LogP contribution is -2.23. The van der Waals surface area contributed by atoms with Crippen LogP contribution < -0.4 is 5.69 Å². The van der Waals surface area contributed by atoms with Crippen molar-refractivity contribution in [2.45, 2.75) is 6.54 Å². The summed E-state index contributed by atoms with van der Waals surface area (Å²) < 4.78 is 1.10. The van der Waals surface area contributed by atoms with Gasteiger partial charge in [0.25, 0.3) is 0 Å². The lowest BCUT2D eigenvalue weighted by atomic mass is 10.5. The minimum Gasteiger partial charge on any atom is -0.291 e. The summed E-state index contributed by atoms with van der Waals surface area (Å²) in [6, 6.07) is 0. The maximum Gasteiger partial charge on any atom is 0.348 e. The first kappa shape index (κ1) is 9.66. The predicted molar refractivity (Wildman–Crippen MR) is 45.9 cm³/mol. The van der Waals surface area contributed by atoms with E-state index < -0.39 is 10.6 Å². The highest BCUT2D eigenvalue weighted by Gasteiger charge is 2.07. The van der Waals surface area contributed by atoms with Crippen molar-refractivity contribution >= 4 is 17.3 Å². The minimum atomic E-state index is -0.614. The van der Waals surface area contributed by atoms with E-state index in [1.54, 1.807) is 0 Å². The molecule has 0 amide bonds.